The Bertz CT molecular complexity index is 473. The Kier molecular flexibility index (Phi) is 5.13. The molecule has 0 amide bonds. The van der Waals surface area contributed by atoms with Crippen molar-refractivity contribution in [1.29, 1.82) is 0 Å². The van der Waals surface area contributed by atoms with Gasteiger partial charge in [-0.3, -0.25) is 9.58 Å². The van der Waals surface area contributed by atoms with Crippen LogP contribution in [0.5, 0.6) is 0 Å². The van der Waals surface area contributed by atoms with E-state index in [1.165, 1.54) is 31.2 Å². The predicted molar refractivity (Wildman–Crippen MR) is 82.6 cm³/mol. The molecule has 2 fully saturated rings. The fraction of sp³-hybridized carbons (Fsp3) is 0.812. The molecule has 6 heteroatoms. The van der Waals surface area contributed by atoms with Gasteiger partial charge in [0.1, 0.15) is 12.2 Å². The van der Waals surface area contributed by atoms with E-state index in [9.17, 15) is 5.11 Å². The monoisotopic (exact) mass is 309 g/mol. The van der Waals surface area contributed by atoms with Crippen molar-refractivity contribution in [2.45, 2.75) is 56.5 Å². The second-order valence-corrected chi connectivity index (χ2v) is 6.55. The molecular weight excluding hydrogens is 282 g/mol. The van der Waals surface area contributed by atoms with E-state index in [1.807, 2.05) is 13.2 Å². The van der Waals surface area contributed by atoms with Gasteiger partial charge in [0.15, 0.2) is 0 Å². The highest BCUT2D eigenvalue weighted by Gasteiger charge is 2.35. The van der Waals surface area contributed by atoms with Crippen LogP contribution in [0.4, 0.5) is 0 Å². The molecule has 0 bridgehead atoms. The molecule has 1 aliphatic heterocycles. The minimum atomic E-state index is -0.520. The largest absolute Gasteiger partial charge is 0.389 e. The highest BCUT2D eigenvalue weighted by atomic mass is 16.5. The molecule has 2 heterocycles. The van der Waals surface area contributed by atoms with Gasteiger partial charge in [0.25, 0.3) is 0 Å². The summed E-state index contributed by atoms with van der Waals surface area (Å²) < 4.78 is 13.0. The lowest BCUT2D eigenvalue weighted by molar-refractivity contribution is -0.142. The Morgan fingerprint density at radius 1 is 1.41 bits per heavy atom. The van der Waals surface area contributed by atoms with E-state index < -0.39 is 6.10 Å². The molecule has 1 aromatic rings. The van der Waals surface area contributed by atoms with Crippen molar-refractivity contribution >= 4 is 0 Å². The number of nitrogens with zero attached hydrogens (tertiary/aromatic N) is 3. The fourth-order valence-electron chi connectivity index (χ4n) is 3.58. The molecule has 0 radical (unpaired) electrons. The first-order valence-corrected chi connectivity index (χ1v) is 8.21. The summed E-state index contributed by atoms with van der Waals surface area (Å²) in [4.78, 5) is 2.13. The lowest BCUT2D eigenvalue weighted by Crippen LogP contribution is -2.55. The normalized spacial score (nSPS) is 30.3. The standard InChI is InChI=1S/C16H27N3O3/c1-18(14-10-22-11-15(21-2)16(14)20)8-12-7-17-19(9-12)13-5-3-4-6-13/h7,9,13-16,20H,3-6,8,10-11H2,1-2H3/t14-,15-,16+/m1/s1. The van der Waals surface area contributed by atoms with Crippen molar-refractivity contribution in [2.75, 3.05) is 27.4 Å². The van der Waals surface area contributed by atoms with E-state index in [4.69, 9.17) is 9.47 Å². The van der Waals surface area contributed by atoms with Crippen LogP contribution < -0.4 is 0 Å². The first-order valence-electron chi connectivity index (χ1n) is 8.21. The number of hydrogen-bond donors (Lipinski definition) is 1. The molecule has 124 valence electrons. The van der Waals surface area contributed by atoms with Crippen molar-refractivity contribution in [1.82, 2.24) is 14.7 Å². The second-order valence-electron chi connectivity index (χ2n) is 6.55. The molecule has 0 spiro atoms. The first kappa shape index (κ1) is 15.9. The van der Waals surface area contributed by atoms with Gasteiger partial charge in [0.2, 0.25) is 0 Å². The predicted octanol–water partition coefficient (Wildman–Crippen LogP) is 1.20. The minimum Gasteiger partial charge on any atom is -0.389 e. The topological polar surface area (TPSA) is 59.8 Å². The molecule has 3 atom stereocenters. The second kappa shape index (κ2) is 7.08. The van der Waals surface area contributed by atoms with E-state index in [-0.39, 0.29) is 12.1 Å². The van der Waals surface area contributed by atoms with Crippen LogP contribution in [-0.2, 0) is 16.0 Å². The summed E-state index contributed by atoms with van der Waals surface area (Å²) in [5, 5.41) is 14.9. The molecule has 22 heavy (non-hydrogen) atoms. The summed E-state index contributed by atoms with van der Waals surface area (Å²) in [5.74, 6) is 0. The summed E-state index contributed by atoms with van der Waals surface area (Å²) in [6.07, 6.45) is 8.42. The Morgan fingerprint density at radius 3 is 2.91 bits per heavy atom. The average molecular weight is 309 g/mol. The molecule has 1 N–H and O–H groups in total. The molecule has 1 aromatic heterocycles. The van der Waals surface area contributed by atoms with Gasteiger partial charge in [-0.05, 0) is 19.9 Å². The van der Waals surface area contributed by atoms with Crippen LogP contribution in [0.3, 0.4) is 0 Å². The molecule has 1 saturated carbocycles. The summed E-state index contributed by atoms with van der Waals surface area (Å²) >= 11 is 0. The van der Waals surface area contributed by atoms with Gasteiger partial charge in [0, 0.05) is 25.4 Å². The van der Waals surface area contributed by atoms with Crippen LogP contribution in [0, 0.1) is 0 Å². The van der Waals surface area contributed by atoms with Crippen LogP contribution in [0.15, 0.2) is 12.4 Å². The van der Waals surface area contributed by atoms with Crippen LogP contribution in [0.2, 0.25) is 0 Å². The van der Waals surface area contributed by atoms with Crippen molar-refractivity contribution in [3.63, 3.8) is 0 Å². The Hall–Kier alpha value is -0.950. The lowest BCUT2D eigenvalue weighted by Gasteiger charge is -2.38. The first-order chi connectivity index (χ1) is 10.7. The summed E-state index contributed by atoms with van der Waals surface area (Å²) in [6, 6.07) is 0.522. The van der Waals surface area contributed by atoms with Crippen molar-refractivity contribution < 1.29 is 14.6 Å². The molecule has 1 saturated heterocycles. The Labute approximate surface area is 132 Å². The van der Waals surface area contributed by atoms with Gasteiger partial charge >= 0.3 is 0 Å². The van der Waals surface area contributed by atoms with E-state index in [1.54, 1.807) is 7.11 Å². The molecule has 0 unspecified atom stereocenters. The number of methoxy groups -OCH3 is 1. The molecule has 1 aliphatic carbocycles. The summed E-state index contributed by atoms with van der Waals surface area (Å²) in [5.41, 5.74) is 1.18. The molecule has 3 rings (SSSR count). The molecule has 6 nitrogen and oxygen atoms in total. The number of aromatic nitrogens is 2. The Balaban J connectivity index is 1.60. The average Bonchev–Trinajstić information content (AvgIpc) is 3.18. The maximum atomic E-state index is 10.4. The van der Waals surface area contributed by atoms with E-state index in [2.05, 4.69) is 20.9 Å². The van der Waals surface area contributed by atoms with Crippen LogP contribution in [0.25, 0.3) is 0 Å². The number of likely N-dealkylation sites (N-methyl/N-ethyl adjacent to an activating group) is 1. The maximum absolute atomic E-state index is 10.4. The van der Waals surface area contributed by atoms with E-state index in [0.717, 1.165) is 6.54 Å². The third-order valence-corrected chi connectivity index (χ3v) is 5.00. The van der Waals surface area contributed by atoms with Crippen LogP contribution in [-0.4, -0.2) is 65.4 Å². The zero-order valence-corrected chi connectivity index (χ0v) is 13.5. The molecule has 2 aliphatic rings. The maximum Gasteiger partial charge on any atom is 0.108 e. The number of aliphatic hydroxyl groups is 1. The van der Waals surface area contributed by atoms with Crippen molar-refractivity contribution in [3.8, 4) is 0 Å². The van der Waals surface area contributed by atoms with E-state index >= 15 is 0 Å². The van der Waals surface area contributed by atoms with Gasteiger partial charge in [-0.2, -0.15) is 5.10 Å². The van der Waals surface area contributed by atoms with Gasteiger partial charge in [-0.25, -0.2) is 0 Å². The lowest BCUT2D eigenvalue weighted by atomic mass is 10.0. The Morgan fingerprint density at radius 2 is 2.18 bits per heavy atom. The smallest absolute Gasteiger partial charge is 0.108 e. The zero-order valence-electron chi connectivity index (χ0n) is 13.5. The number of ether oxygens (including phenoxy) is 2. The number of rotatable bonds is 5. The quantitative estimate of drug-likeness (QED) is 0.886. The van der Waals surface area contributed by atoms with Crippen molar-refractivity contribution in [2.24, 2.45) is 0 Å². The van der Waals surface area contributed by atoms with Gasteiger partial charge in [-0.15, -0.1) is 0 Å². The highest BCUT2D eigenvalue weighted by molar-refractivity contribution is 5.05. The minimum absolute atomic E-state index is 0.0477. The van der Waals surface area contributed by atoms with Crippen LogP contribution >= 0.6 is 0 Å². The third kappa shape index (κ3) is 3.35. The zero-order chi connectivity index (χ0) is 15.5. The molecule has 0 aromatic carbocycles. The van der Waals surface area contributed by atoms with E-state index in [0.29, 0.717) is 19.3 Å². The third-order valence-electron chi connectivity index (χ3n) is 5.00. The SMILES string of the molecule is CO[C@@H]1COC[C@@H](N(C)Cc2cnn(C3CCCC3)c2)[C@@H]1O. The number of aliphatic hydroxyl groups excluding tert-OH is 1. The van der Waals surface area contributed by atoms with Crippen molar-refractivity contribution in [3.05, 3.63) is 18.0 Å². The summed E-state index contributed by atoms with van der Waals surface area (Å²) in [6.45, 7) is 1.75. The summed E-state index contributed by atoms with van der Waals surface area (Å²) in [7, 11) is 3.63. The van der Waals surface area contributed by atoms with Gasteiger partial charge in [-0.1, -0.05) is 12.8 Å². The van der Waals surface area contributed by atoms with Crippen LogP contribution in [0.1, 0.15) is 37.3 Å². The highest BCUT2D eigenvalue weighted by Crippen LogP contribution is 2.29. The van der Waals surface area contributed by atoms with Gasteiger partial charge < -0.3 is 14.6 Å². The van der Waals surface area contributed by atoms with Gasteiger partial charge in [0.05, 0.1) is 31.5 Å². The molecular formula is C16H27N3O3. The number of hydrogen-bond acceptors (Lipinski definition) is 5. The fourth-order valence-corrected chi connectivity index (χ4v) is 3.58.